The highest BCUT2D eigenvalue weighted by atomic mass is 32.2. The molecule has 6 heteroatoms. The van der Waals surface area contributed by atoms with Crippen LogP contribution < -0.4 is 0 Å². The Morgan fingerprint density at radius 2 is 2.24 bits per heavy atom. The molecule has 0 aromatic carbocycles. The van der Waals surface area contributed by atoms with Crippen LogP contribution in [0, 0.1) is 0 Å². The van der Waals surface area contributed by atoms with Gasteiger partial charge in [-0.25, -0.2) is 9.97 Å². The summed E-state index contributed by atoms with van der Waals surface area (Å²) in [7, 11) is 3.53. The number of amides is 1. The van der Waals surface area contributed by atoms with Gasteiger partial charge in [0.25, 0.3) is 0 Å². The lowest BCUT2D eigenvalue weighted by atomic mass is 10.4. The molecule has 2 heterocycles. The van der Waals surface area contributed by atoms with Gasteiger partial charge in [0.15, 0.2) is 0 Å². The van der Waals surface area contributed by atoms with Crippen LogP contribution in [0.25, 0.3) is 10.2 Å². The summed E-state index contributed by atoms with van der Waals surface area (Å²) < 4.78 is 1.05. The molecule has 4 nitrogen and oxygen atoms in total. The summed E-state index contributed by atoms with van der Waals surface area (Å²) in [5, 5.41) is 2.74. The predicted molar refractivity (Wildman–Crippen MR) is 71.4 cm³/mol. The number of aromatic nitrogens is 2. The van der Waals surface area contributed by atoms with Crippen LogP contribution in [-0.2, 0) is 4.79 Å². The van der Waals surface area contributed by atoms with Gasteiger partial charge in [-0.1, -0.05) is 11.8 Å². The molecule has 0 N–H and O–H groups in total. The minimum atomic E-state index is -0.134. The van der Waals surface area contributed by atoms with Crippen molar-refractivity contribution in [2.75, 3.05) is 14.1 Å². The average Bonchev–Trinajstić information content (AvgIpc) is 2.76. The number of fused-ring (bicyclic) bond motifs is 1. The first-order valence-electron chi connectivity index (χ1n) is 5.15. The Morgan fingerprint density at radius 1 is 1.47 bits per heavy atom. The molecule has 0 fully saturated rings. The normalized spacial score (nSPS) is 12.6. The maximum atomic E-state index is 11.8. The van der Waals surface area contributed by atoms with Gasteiger partial charge in [0.05, 0.1) is 15.5 Å². The minimum absolute atomic E-state index is 0.0957. The van der Waals surface area contributed by atoms with Crippen molar-refractivity contribution in [1.82, 2.24) is 14.9 Å². The molecule has 1 amide bonds. The lowest BCUT2D eigenvalue weighted by molar-refractivity contribution is -0.127. The van der Waals surface area contributed by atoms with Crippen LogP contribution in [0.5, 0.6) is 0 Å². The number of thioether (sulfide) groups is 1. The van der Waals surface area contributed by atoms with Crippen molar-refractivity contribution in [2.45, 2.75) is 17.2 Å². The van der Waals surface area contributed by atoms with Crippen LogP contribution in [0.4, 0.5) is 0 Å². The van der Waals surface area contributed by atoms with Crippen LogP contribution in [0.2, 0.25) is 0 Å². The zero-order valence-corrected chi connectivity index (χ0v) is 11.5. The summed E-state index contributed by atoms with van der Waals surface area (Å²) in [5.41, 5.74) is 0.942. The third-order valence-electron chi connectivity index (χ3n) is 2.29. The highest BCUT2D eigenvalue weighted by molar-refractivity contribution is 8.00. The molecule has 0 bridgehead atoms. The Bertz CT molecular complexity index is 538. The molecule has 17 heavy (non-hydrogen) atoms. The molecular weight excluding hydrogens is 254 g/mol. The highest BCUT2D eigenvalue weighted by Gasteiger charge is 2.18. The van der Waals surface area contributed by atoms with Crippen LogP contribution >= 0.6 is 23.1 Å². The number of hydrogen-bond acceptors (Lipinski definition) is 5. The Morgan fingerprint density at radius 3 is 2.94 bits per heavy atom. The molecule has 0 aliphatic heterocycles. The molecule has 0 saturated heterocycles. The maximum absolute atomic E-state index is 11.8. The molecule has 1 unspecified atom stereocenters. The molecule has 2 aromatic rings. The first-order valence-corrected chi connectivity index (χ1v) is 6.91. The number of carbonyl (C=O) groups is 1. The van der Waals surface area contributed by atoms with Gasteiger partial charge in [0, 0.05) is 14.1 Å². The van der Waals surface area contributed by atoms with Crippen molar-refractivity contribution in [3.8, 4) is 0 Å². The van der Waals surface area contributed by atoms with Crippen LogP contribution in [0.1, 0.15) is 6.92 Å². The van der Waals surface area contributed by atoms with Gasteiger partial charge in [-0.3, -0.25) is 4.79 Å². The van der Waals surface area contributed by atoms with Crippen molar-refractivity contribution in [3.63, 3.8) is 0 Å². The standard InChI is InChI=1S/C11H13N3OS2/c1-7(11(15)14(2)3)17-10-9-8(4-5-16-9)12-6-13-10/h4-7H,1-3H3. The van der Waals surface area contributed by atoms with Crippen molar-refractivity contribution in [3.05, 3.63) is 17.8 Å². The van der Waals surface area contributed by atoms with Crippen LogP contribution in [-0.4, -0.2) is 40.1 Å². The van der Waals surface area contributed by atoms with Crippen molar-refractivity contribution in [1.29, 1.82) is 0 Å². The summed E-state index contributed by atoms with van der Waals surface area (Å²) in [6.45, 7) is 1.90. The molecule has 2 rings (SSSR count). The maximum Gasteiger partial charge on any atom is 0.235 e. The molecule has 0 saturated carbocycles. The van der Waals surface area contributed by atoms with E-state index in [1.54, 1.807) is 36.7 Å². The number of carbonyl (C=O) groups excluding carboxylic acids is 1. The van der Waals surface area contributed by atoms with Gasteiger partial charge in [-0.2, -0.15) is 0 Å². The van der Waals surface area contributed by atoms with E-state index in [1.165, 1.54) is 11.8 Å². The molecule has 0 spiro atoms. The van der Waals surface area contributed by atoms with Crippen molar-refractivity contribution < 1.29 is 4.79 Å². The van der Waals surface area contributed by atoms with E-state index in [9.17, 15) is 4.79 Å². The first kappa shape index (κ1) is 12.3. The topological polar surface area (TPSA) is 46.1 Å². The van der Waals surface area contributed by atoms with E-state index < -0.39 is 0 Å². The molecule has 0 radical (unpaired) electrons. The molecule has 0 aliphatic rings. The summed E-state index contributed by atoms with van der Waals surface area (Å²) in [4.78, 5) is 21.8. The zero-order chi connectivity index (χ0) is 12.4. The smallest absolute Gasteiger partial charge is 0.235 e. The van der Waals surface area contributed by atoms with Gasteiger partial charge < -0.3 is 4.90 Å². The second-order valence-electron chi connectivity index (χ2n) is 3.81. The molecule has 90 valence electrons. The van der Waals surface area contributed by atoms with E-state index in [0.29, 0.717) is 0 Å². The van der Waals surface area contributed by atoms with Gasteiger partial charge >= 0.3 is 0 Å². The lowest BCUT2D eigenvalue weighted by Gasteiger charge is -2.15. The van der Waals surface area contributed by atoms with Gasteiger partial charge in [-0.05, 0) is 18.4 Å². The zero-order valence-electron chi connectivity index (χ0n) is 9.88. The van der Waals surface area contributed by atoms with E-state index in [4.69, 9.17) is 0 Å². The average molecular weight is 267 g/mol. The van der Waals surface area contributed by atoms with Gasteiger partial charge in [0.2, 0.25) is 5.91 Å². The Hall–Kier alpha value is -1.14. The molecular formula is C11H13N3OS2. The quantitative estimate of drug-likeness (QED) is 0.632. The fraction of sp³-hybridized carbons (Fsp3) is 0.364. The van der Waals surface area contributed by atoms with E-state index in [1.807, 2.05) is 18.4 Å². The Kier molecular flexibility index (Phi) is 3.63. The first-order chi connectivity index (χ1) is 8.09. The fourth-order valence-corrected chi connectivity index (χ4v) is 3.41. The fourth-order valence-electron chi connectivity index (χ4n) is 1.43. The highest BCUT2D eigenvalue weighted by Crippen LogP contribution is 2.31. The van der Waals surface area contributed by atoms with Crippen molar-refractivity contribution >= 4 is 39.2 Å². The summed E-state index contributed by atoms with van der Waals surface area (Å²) in [6.07, 6.45) is 1.55. The molecule has 2 aromatic heterocycles. The third-order valence-corrected chi connectivity index (χ3v) is 4.41. The molecule has 0 aliphatic carbocycles. The SMILES string of the molecule is CC(Sc1ncnc2ccsc12)C(=O)N(C)C. The second kappa shape index (κ2) is 5.01. The summed E-state index contributed by atoms with van der Waals surface area (Å²) in [6, 6.07) is 1.96. The summed E-state index contributed by atoms with van der Waals surface area (Å²) >= 11 is 3.09. The van der Waals surface area contributed by atoms with Gasteiger partial charge in [0.1, 0.15) is 11.4 Å². The predicted octanol–water partition coefficient (Wildman–Crippen LogP) is 2.26. The van der Waals surface area contributed by atoms with E-state index in [2.05, 4.69) is 9.97 Å². The number of hydrogen-bond donors (Lipinski definition) is 0. The molecule has 1 atom stereocenters. The Labute approximate surface area is 108 Å². The van der Waals surface area contributed by atoms with Gasteiger partial charge in [-0.15, -0.1) is 11.3 Å². The van der Waals surface area contributed by atoms with Crippen molar-refractivity contribution in [2.24, 2.45) is 0 Å². The summed E-state index contributed by atoms with van der Waals surface area (Å²) in [5.74, 6) is 0.0957. The third kappa shape index (κ3) is 2.58. The van der Waals surface area contributed by atoms with E-state index in [-0.39, 0.29) is 11.2 Å². The van der Waals surface area contributed by atoms with Crippen LogP contribution in [0.3, 0.4) is 0 Å². The Balaban J connectivity index is 2.24. The van der Waals surface area contributed by atoms with Crippen LogP contribution in [0.15, 0.2) is 22.8 Å². The largest absolute Gasteiger partial charge is 0.348 e. The lowest BCUT2D eigenvalue weighted by Crippen LogP contribution is -2.29. The number of nitrogens with zero attached hydrogens (tertiary/aromatic N) is 3. The minimum Gasteiger partial charge on any atom is -0.348 e. The van der Waals surface area contributed by atoms with E-state index in [0.717, 1.165) is 15.2 Å². The number of rotatable bonds is 3. The second-order valence-corrected chi connectivity index (χ2v) is 6.05. The monoisotopic (exact) mass is 267 g/mol. The van der Waals surface area contributed by atoms with E-state index >= 15 is 0 Å². The number of thiophene rings is 1.